The summed E-state index contributed by atoms with van der Waals surface area (Å²) in [7, 11) is 0. The number of nitrogens with one attached hydrogen (secondary N) is 2. The fraction of sp³-hybridized carbons (Fsp3) is 0.364. The van der Waals surface area contributed by atoms with Gasteiger partial charge in [-0.15, -0.1) is 0 Å². The molecule has 5 nitrogen and oxygen atoms in total. The molecule has 3 aromatic rings. The summed E-state index contributed by atoms with van der Waals surface area (Å²) in [5.74, 6) is 2.24. The van der Waals surface area contributed by atoms with Crippen LogP contribution in [-0.2, 0) is 6.42 Å². The van der Waals surface area contributed by atoms with Gasteiger partial charge in [-0.2, -0.15) is 4.98 Å². The molecule has 142 valence electrons. The molecule has 0 radical (unpaired) electrons. The quantitative estimate of drug-likeness (QED) is 0.474. The zero-order valence-electron chi connectivity index (χ0n) is 16.1. The molecule has 0 unspecified atom stereocenters. The van der Waals surface area contributed by atoms with Crippen molar-refractivity contribution in [3.63, 3.8) is 0 Å². The Balaban J connectivity index is 1.69. The van der Waals surface area contributed by atoms with Gasteiger partial charge in [0.1, 0.15) is 11.6 Å². The van der Waals surface area contributed by atoms with Crippen LogP contribution in [-0.4, -0.2) is 28.2 Å². The Bertz CT molecular complexity index is 865. The second-order valence-corrected chi connectivity index (χ2v) is 7.22. The van der Waals surface area contributed by atoms with Gasteiger partial charge in [-0.1, -0.05) is 44.2 Å². The summed E-state index contributed by atoms with van der Waals surface area (Å²) in [5.41, 5.74) is 2.15. The van der Waals surface area contributed by atoms with Crippen LogP contribution in [0.5, 0.6) is 5.75 Å². The molecule has 0 saturated carbocycles. The van der Waals surface area contributed by atoms with Gasteiger partial charge in [-0.25, -0.2) is 4.98 Å². The fourth-order valence-corrected chi connectivity index (χ4v) is 2.95. The van der Waals surface area contributed by atoms with Crippen molar-refractivity contribution >= 4 is 22.7 Å². The van der Waals surface area contributed by atoms with E-state index in [-0.39, 0.29) is 5.75 Å². The maximum absolute atomic E-state index is 9.85. The number of benzene rings is 2. The largest absolute Gasteiger partial charge is 0.508 e. The number of aromatic hydroxyl groups is 1. The van der Waals surface area contributed by atoms with Gasteiger partial charge < -0.3 is 15.7 Å². The first-order chi connectivity index (χ1) is 13.1. The third-order valence-corrected chi connectivity index (χ3v) is 4.46. The van der Waals surface area contributed by atoms with Gasteiger partial charge in [0.2, 0.25) is 5.95 Å². The average molecular weight is 364 g/mol. The van der Waals surface area contributed by atoms with E-state index < -0.39 is 0 Å². The average Bonchev–Trinajstić information content (AvgIpc) is 2.66. The Morgan fingerprint density at radius 2 is 1.78 bits per heavy atom. The van der Waals surface area contributed by atoms with E-state index in [9.17, 15) is 5.11 Å². The SMILES string of the molecule is CC(C)CCNc1nc(NCCCc2ccccc2)c2cc(O)ccc2n1. The summed E-state index contributed by atoms with van der Waals surface area (Å²) in [6, 6.07) is 15.7. The minimum Gasteiger partial charge on any atom is -0.508 e. The van der Waals surface area contributed by atoms with E-state index in [2.05, 4.69) is 58.7 Å². The predicted molar refractivity (Wildman–Crippen MR) is 112 cm³/mol. The standard InChI is InChI=1S/C22H28N4O/c1-16(2)12-14-24-22-25-20-11-10-18(27)15-19(20)21(26-22)23-13-6-9-17-7-4-3-5-8-17/h3-5,7-8,10-11,15-16,27H,6,9,12-14H2,1-2H3,(H2,23,24,25,26). The number of aryl methyl sites for hydroxylation is 1. The minimum atomic E-state index is 0.221. The van der Waals surface area contributed by atoms with E-state index in [1.54, 1.807) is 12.1 Å². The molecule has 27 heavy (non-hydrogen) atoms. The van der Waals surface area contributed by atoms with Crippen LogP contribution in [0, 0.1) is 5.92 Å². The topological polar surface area (TPSA) is 70.1 Å². The Kier molecular flexibility index (Phi) is 6.47. The maximum Gasteiger partial charge on any atom is 0.225 e. The Hall–Kier alpha value is -2.82. The van der Waals surface area contributed by atoms with Crippen LogP contribution in [0.4, 0.5) is 11.8 Å². The highest BCUT2D eigenvalue weighted by molar-refractivity contribution is 5.91. The number of phenolic OH excluding ortho intramolecular Hbond substituents is 1. The Morgan fingerprint density at radius 3 is 2.56 bits per heavy atom. The zero-order chi connectivity index (χ0) is 19.1. The van der Waals surface area contributed by atoms with Crippen LogP contribution in [0.1, 0.15) is 32.3 Å². The second-order valence-electron chi connectivity index (χ2n) is 7.22. The molecule has 0 bridgehead atoms. The summed E-state index contributed by atoms with van der Waals surface area (Å²) in [6.07, 6.45) is 3.09. The molecule has 0 saturated heterocycles. The number of rotatable bonds is 9. The molecule has 0 aliphatic rings. The fourth-order valence-electron chi connectivity index (χ4n) is 2.95. The molecule has 5 heteroatoms. The van der Waals surface area contributed by atoms with E-state index in [0.29, 0.717) is 11.9 Å². The zero-order valence-corrected chi connectivity index (χ0v) is 16.1. The molecule has 1 heterocycles. The Morgan fingerprint density at radius 1 is 0.963 bits per heavy atom. The summed E-state index contributed by atoms with van der Waals surface area (Å²) in [6.45, 7) is 6.05. The molecule has 3 N–H and O–H groups in total. The molecular formula is C22H28N4O. The van der Waals surface area contributed by atoms with E-state index in [4.69, 9.17) is 0 Å². The van der Waals surface area contributed by atoms with Gasteiger partial charge in [-0.05, 0) is 48.9 Å². The highest BCUT2D eigenvalue weighted by Crippen LogP contribution is 2.26. The van der Waals surface area contributed by atoms with Crippen molar-refractivity contribution < 1.29 is 5.11 Å². The van der Waals surface area contributed by atoms with Crippen LogP contribution >= 0.6 is 0 Å². The molecule has 0 amide bonds. The smallest absolute Gasteiger partial charge is 0.225 e. The van der Waals surface area contributed by atoms with Gasteiger partial charge in [0, 0.05) is 18.5 Å². The number of fused-ring (bicyclic) bond motifs is 1. The molecule has 0 atom stereocenters. The van der Waals surface area contributed by atoms with Crippen molar-refractivity contribution in [2.45, 2.75) is 33.1 Å². The molecule has 0 aliphatic heterocycles. The van der Waals surface area contributed by atoms with Crippen molar-refractivity contribution in [1.82, 2.24) is 9.97 Å². The number of aromatic nitrogens is 2. The van der Waals surface area contributed by atoms with Crippen LogP contribution in [0.15, 0.2) is 48.5 Å². The molecule has 0 fully saturated rings. The highest BCUT2D eigenvalue weighted by Gasteiger charge is 2.09. The summed E-state index contributed by atoms with van der Waals surface area (Å²) < 4.78 is 0. The van der Waals surface area contributed by atoms with Crippen LogP contribution in [0.2, 0.25) is 0 Å². The van der Waals surface area contributed by atoms with Crippen molar-refractivity contribution in [2.24, 2.45) is 5.92 Å². The molecule has 0 spiro atoms. The lowest BCUT2D eigenvalue weighted by Crippen LogP contribution is -2.11. The normalized spacial score (nSPS) is 11.1. The first-order valence-corrected chi connectivity index (χ1v) is 9.64. The molecule has 1 aromatic heterocycles. The molecule has 0 aliphatic carbocycles. The third-order valence-electron chi connectivity index (χ3n) is 4.46. The minimum absolute atomic E-state index is 0.221. The van der Waals surface area contributed by atoms with Crippen molar-refractivity contribution in [3.8, 4) is 5.75 Å². The summed E-state index contributed by atoms with van der Waals surface area (Å²) >= 11 is 0. The lowest BCUT2D eigenvalue weighted by Gasteiger charge is -2.13. The number of hydrogen-bond donors (Lipinski definition) is 3. The van der Waals surface area contributed by atoms with Gasteiger partial charge in [0.25, 0.3) is 0 Å². The van der Waals surface area contributed by atoms with Crippen LogP contribution in [0.3, 0.4) is 0 Å². The molecule has 2 aromatic carbocycles. The third kappa shape index (κ3) is 5.58. The summed E-state index contributed by atoms with van der Waals surface area (Å²) in [5, 5.41) is 17.4. The van der Waals surface area contributed by atoms with Gasteiger partial charge >= 0.3 is 0 Å². The maximum atomic E-state index is 9.85. The number of nitrogens with zero attached hydrogens (tertiary/aromatic N) is 2. The van der Waals surface area contributed by atoms with Crippen molar-refractivity contribution in [2.75, 3.05) is 23.7 Å². The first kappa shape index (κ1) is 19.0. The number of hydrogen-bond acceptors (Lipinski definition) is 5. The van der Waals surface area contributed by atoms with Crippen LogP contribution in [0.25, 0.3) is 10.9 Å². The predicted octanol–water partition coefficient (Wildman–Crippen LogP) is 4.84. The van der Waals surface area contributed by atoms with E-state index in [0.717, 1.165) is 49.1 Å². The number of phenols is 1. The summed E-state index contributed by atoms with van der Waals surface area (Å²) in [4.78, 5) is 9.22. The molecule has 3 rings (SSSR count). The van der Waals surface area contributed by atoms with Crippen molar-refractivity contribution in [1.29, 1.82) is 0 Å². The lowest BCUT2D eigenvalue weighted by atomic mass is 10.1. The van der Waals surface area contributed by atoms with E-state index >= 15 is 0 Å². The monoisotopic (exact) mass is 364 g/mol. The number of anilines is 2. The first-order valence-electron chi connectivity index (χ1n) is 9.64. The Labute approximate surface area is 160 Å². The van der Waals surface area contributed by atoms with Gasteiger partial charge in [0.05, 0.1) is 5.52 Å². The second kappa shape index (κ2) is 9.21. The van der Waals surface area contributed by atoms with Gasteiger partial charge in [0.15, 0.2) is 0 Å². The molecular weight excluding hydrogens is 336 g/mol. The van der Waals surface area contributed by atoms with E-state index in [1.807, 2.05) is 12.1 Å². The van der Waals surface area contributed by atoms with Crippen molar-refractivity contribution in [3.05, 3.63) is 54.1 Å². The van der Waals surface area contributed by atoms with Gasteiger partial charge in [-0.3, -0.25) is 0 Å². The highest BCUT2D eigenvalue weighted by atomic mass is 16.3. The lowest BCUT2D eigenvalue weighted by molar-refractivity contribution is 0.476. The van der Waals surface area contributed by atoms with Crippen LogP contribution < -0.4 is 10.6 Å². The van der Waals surface area contributed by atoms with E-state index in [1.165, 1.54) is 5.56 Å².